The van der Waals surface area contributed by atoms with Gasteiger partial charge in [0.15, 0.2) is 0 Å². The van der Waals surface area contributed by atoms with E-state index in [9.17, 15) is 0 Å². The van der Waals surface area contributed by atoms with E-state index in [-0.39, 0.29) is 0 Å². The Balaban J connectivity index is 1.47. The summed E-state index contributed by atoms with van der Waals surface area (Å²) in [7, 11) is 0. The second-order valence-electron chi connectivity index (χ2n) is 8.88. The van der Waals surface area contributed by atoms with Crippen molar-refractivity contribution in [2.75, 3.05) is 0 Å². The third-order valence-corrected chi connectivity index (χ3v) is 8.08. The van der Waals surface area contributed by atoms with Crippen molar-refractivity contribution in [2.24, 2.45) is 17.3 Å². The van der Waals surface area contributed by atoms with Gasteiger partial charge in [-0.3, -0.25) is 4.98 Å². The molecule has 6 rings (SSSR count). The van der Waals surface area contributed by atoms with Crippen LogP contribution in [0.15, 0.2) is 36.5 Å². The smallest absolute Gasteiger partial charge is 0.0704 e. The Morgan fingerprint density at radius 2 is 1.75 bits per heavy atom. The second kappa shape index (κ2) is 4.50. The van der Waals surface area contributed by atoms with E-state index in [0.717, 1.165) is 41.2 Å². The highest BCUT2D eigenvalue weighted by Gasteiger charge is 2.65. The van der Waals surface area contributed by atoms with Gasteiger partial charge in [-0.2, -0.15) is 0 Å². The molecule has 3 bridgehead atoms. The van der Waals surface area contributed by atoms with Gasteiger partial charge < -0.3 is 0 Å². The molecule has 1 spiro atoms. The number of pyridine rings is 1. The zero-order chi connectivity index (χ0) is 15.9. The molecule has 1 aromatic carbocycles. The molecule has 3 fully saturated rings. The maximum atomic E-state index is 4.66. The predicted octanol–water partition coefficient (Wildman–Crippen LogP) is 5.70. The van der Waals surface area contributed by atoms with Crippen molar-refractivity contribution in [1.29, 1.82) is 0 Å². The number of fused-ring (bicyclic) bond motifs is 5. The highest BCUT2D eigenvalue weighted by molar-refractivity contribution is 5.63. The van der Waals surface area contributed by atoms with Gasteiger partial charge in [0.25, 0.3) is 0 Å². The van der Waals surface area contributed by atoms with Gasteiger partial charge in [0, 0.05) is 11.8 Å². The lowest BCUT2D eigenvalue weighted by Gasteiger charge is -2.48. The minimum atomic E-state index is 0.759. The van der Waals surface area contributed by atoms with Crippen molar-refractivity contribution in [3.8, 4) is 11.3 Å². The van der Waals surface area contributed by atoms with Crippen molar-refractivity contribution in [3.63, 3.8) is 0 Å². The van der Waals surface area contributed by atoms with Gasteiger partial charge in [-0.15, -0.1) is 0 Å². The van der Waals surface area contributed by atoms with Crippen LogP contribution in [0, 0.1) is 17.3 Å². The number of hydrogen-bond acceptors (Lipinski definition) is 1. The first-order valence-electron chi connectivity index (χ1n) is 9.86. The van der Waals surface area contributed by atoms with Crippen LogP contribution in [-0.4, -0.2) is 4.98 Å². The largest absolute Gasteiger partial charge is 0.256 e. The number of benzene rings is 1. The number of aryl methyl sites for hydroxylation is 1. The van der Waals surface area contributed by atoms with E-state index >= 15 is 0 Å². The standard InChI is InChI=1S/C23H25N/c1-2-14-5-6-24-22(7-14)15-3-4-20-16-8-18-11-19-9-17(21(20)10-15)13-23(18,19)12-16/h3-7,10,16-19H,2,8-9,11-13H2,1H3. The van der Waals surface area contributed by atoms with Crippen molar-refractivity contribution in [1.82, 2.24) is 4.98 Å². The highest BCUT2D eigenvalue weighted by Crippen LogP contribution is 2.75. The summed E-state index contributed by atoms with van der Waals surface area (Å²) in [5.41, 5.74) is 8.01. The summed E-state index contributed by atoms with van der Waals surface area (Å²) in [6.07, 6.45) is 10.5. The molecule has 0 radical (unpaired) electrons. The Labute approximate surface area is 144 Å². The Hall–Kier alpha value is -1.63. The highest BCUT2D eigenvalue weighted by atomic mass is 14.7. The van der Waals surface area contributed by atoms with Crippen LogP contribution in [0.2, 0.25) is 0 Å². The van der Waals surface area contributed by atoms with Crippen molar-refractivity contribution >= 4 is 0 Å². The van der Waals surface area contributed by atoms with Gasteiger partial charge in [0.2, 0.25) is 0 Å². The van der Waals surface area contributed by atoms with Crippen molar-refractivity contribution in [2.45, 2.75) is 57.3 Å². The van der Waals surface area contributed by atoms with Crippen LogP contribution in [0.25, 0.3) is 11.3 Å². The maximum absolute atomic E-state index is 4.66. The second-order valence-corrected chi connectivity index (χ2v) is 8.88. The first kappa shape index (κ1) is 13.6. The van der Waals surface area contributed by atoms with E-state index in [1.165, 1.54) is 43.2 Å². The monoisotopic (exact) mass is 315 g/mol. The lowest BCUT2D eigenvalue weighted by atomic mass is 9.56. The van der Waals surface area contributed by atoms with Gasteiger partial charge in [-0.1, -0.05) is 19.1 Å². The van der Waals surface area contributed by atoms with Gasteiger partial charge in [-0.05, 0) is 103 Å². The van der Waals surface area contributed by atoms with Gasteiger partial charge in [0.05, 0.1) is 5.69 Å². The van der Waals surface area contributed by atoms with Crippen LogP contribution in [0.3, 0.4) is 0 Å². The minimum absolute atomic E-state index is 0.759. The third kappa shape index (κ3) is 1.59. The molecule has 1 nitrogen and oxygen atoms in total. The van der Waals surface area contributed by atoms with E-state index < -0.39 is 0 Å². The molecule has 5 atom stereocenters. The molecule has 0 amide bonds. The molecule has 4 aliphatic rings. The summed E-state index contributed by atoms with van der Waals surface area (Å²) in [6.45, 7) is 2.22. The van der Waals surface area contributed by atoms with E-state index in [0.29, 0.717) is 0 Å². The maximum Gasteiger partial charge on any atom is 0.0704 e. The molecule has 24 heavy (non-hydrogen) atoms. The molecule has 1 aromatic heterocycles. The zero-order valence-corrected chi connectivity index (χ0v) is 14.5. The zero-order valence-electron chi connectivity index (χ0n) is 14.5. The number of aromatic nitrogens is 1. The molecule has 0 aliphatic heterocycles. The molecule has 1 heteroatoms. The van der Waals surface area contributed by atoms with E-state index in [4.69, 9.17) is 0 Å². The fourth-order valence-electron chi connectivity index (χ4n) is 6.95. The molecule has 4 aliphatic carbocycles. The van der Waals surface area contributed by atoms with Crippen molar-refractivity contribution in [3.05, 3.63) is 53.2 Å². The van der Waals surface area contributed by atoms with Crippen molar-refractivity contribution < 1.29 is 0 Å². The topological polar surface area (TPSA) is 12.9 Å². The molecule has 0 N–H and O–H groups in total. The Morgan fingerprint density at radius 3 is 2.54 bits per heavy atom. The van der Waals surface area contributed by atoms with Gasteiger partial charge >= 0.3 is 0 Å². The van der Waals surface area contributed by atoms with Gasteiger partial charge in [0.1, 0.15) is 0 Å². The summed E-state index contributed by atoms with van der Waals surface area (Å²) in [5.74, 6) is 3.79. The third-order valence-electron chi connectivity index (χ3n) is 8.08. The van der Waals surface area contributed by atoms with Crippen LogP contribution in [0.5, 0.6) is 0 Å². The normalized spacial score (nSPS) is 37.7. The van der Waals surface area contributed by atoms with E-state index in [1.807, 2.05) is 6.20 Å². The summed E-state index contributed by atoms with van der Waals surface area (Å²) in [4.78, 5) is 4.66. The molecule has 122 valence electrons. The minimum Gasteiger partial charge on any atom is -0.256 e. The van der Waals surface area contributed by atoms with Gasteiger partial charge in [-0.25, -0.2) is 0 Å². The lowest BCUT2D eigenvalue weighted by molar-refractivity contribution is 0.00322. The average Bonchev–Trinajstić information content (AvgIpc) is 3.04. The quantitative estimate of drug-likeness (QED) is 0.692. The van der Waals surface area contributed by atoms with Crippen LogP contribution in [-0.2, 0) is 6.42 Å². The fourth-order valence-corrected chi connectivity index (χ4v) is 6.95. The number of nitrogens with zero attached hydrogens (tertiary/aromatic N) is 1. The number of hydrogen-bond donors (Lipinski definition) is 0. The summed E-state index contributed by atoms with van der Waals surface area (Å²) < 4.78 is 0. The summed E-state index contributed by atoms with van der Waals surface area (Å²) in [6, 6.07) is 11.7. The first-order valence-corrected chi connectivity index (χ1v) is 9.86. The summed E-state index contributed by atoms with van der Waals surface area (Å²) >= 11 is 0. The van der Waals surface area contributed by atoms with Crippen LogP contribution < -0.4 is 0 Å². The number of rotatable bonds is 2. The molecule has 2 aromatic rings. The van der Waals surface area contributed by atoms with Crippen LogP contribution in [0.1, 0.15) is 67.6 Å². The Kier molecular flexibility index (Phi) is 2.56. The molecular formula is C23H25N. The molecule has 1 heterocycles. The summed E-state index contributed by atoms with van der Waals surface area (Å²) in [5, 5.41) is 0. The van der Waals surface area contributed by atoms with E-state index in [2.05, 4.69) is 42.2 Å². The molecular weight excluding hydrogens is 290 g/mol. The SMILES string of the molecule is CCc1ccnc(-c2ccc3c(c2)C2CC4CC5CC3CC54C2)c1. The average molecular weight is 315 g/mol. The van der Waals surface area contributed by atoms with E-state index in [1.54, 1.807) is 11.1 Å². The fraction of sp³-hybridized carbons (Fsp3) is 0.522. The first-order chi connectivity index (χ1) is 11.8. The molecule has 0 saturated heterocycles. The molecule has 5 unspecified atom stereocenters. The van der Waals surface area contributed by atoms with Crippen LogP contribution >= 0.6 is 0 Å². The molecule has 3 saturated carbocycles. The Morgan fingerprint density at radius 1 is 0.958 bits per heavy atom. The predicted molar refractivity (Wildman–Crippen MR) is 97.0 cm³/mol. The lowest BCUT2D eigenvalue weighted by Crippen LogP contribution is -2.41. The van der Waals surface area contributed by atoms with Crippen LogP contribution in [0.4, 0.5) is 0 Å². The Bertz CT molecular complexity index is 838.